The second kappa shape index (κ2) is 2.92. The summed E-state index contributed by atoms with van der Waals surface area (Å²) in [6.07, 6.45) is 3.52. The van der Waals surface area contributed by atoms with E-state index in [9.17, 15) is 4.79 Å². The molecule has 14 heavy (non-hydrogen) atoms. The first kappa shape index (κ1) is 8.18. The van der Waals surface area contributed by atoms with Crippen LogP contribution in [0.5, 0.6) is 0 Å². The Balaban J connectivity index is 2.35. The van der Waals surface area contributed by atoms with Crippen LogP contribution in [0, 0.1) is 0 Å². The first-order chi connectivity index (χ1) is 6.90. The maximum Gasteiger partial charge on any atom is 0.160 e. The van der Waals surface area contributed by atoms with Crippen LogP contribution in [-0.4, -0.2) is 6.29 Å². The van der Waals surface area contributed by atoms with E-state index in [-0.39, 0.29) is 0 Å². The molecule has 1 nitrogen and oxygen atoms in total. The molecule has 0 saturated heterocycles. The van der Waals surface area contributed by atoms with E-state index in [1.165, 1.54) is 28.5 Å². The average Bonchev–Trinajstić information content (AvgIpc) is 2.98. The van der Waals surface area contributed by atoms with Crippen LogP contribution < -0.4 is 0 Å². The minimum Gasteiger partial charge on any atom is -0.297 e. The van der Waals surface area contributed by atoms with Gasteiger partial charge in [0.05, 0.1) is 4.88 Å². The lowest BCUT2D eigenvalue weighted by Crippen LogP contribution is -1.82. The summed E-state index contributed by atoms with van der Waals surface area (Å²) in [6, 6.07) is 8.31. The molecule has 1 aliphatic carbocycles. The van der Waals surface area contributed by atoms with Crippen molar-refractivity contribution < 1.29 is 4.79 Å². The molecule has 0 atom stereocenters. The van der Waals surface area contributed by atoms with Gasteiger partial charge in [0.15, 0.2) is 6.29 Å². The maximum absolute atomic E-state index is 10.9. The predicted molar refractivity (Wildman–Crippen MR) is 59.2 cm³/mol. The number of benzene rings is 1. The second-order valence-corrected chi connectivity index (χ2v) is 4.85. The molecule has 1 aromatic heterocycles. The number of rotatable bonds is 2. The molecular weight excluding hydrogens is 192 g/mol. The third-order valence-corrected chi connectivity index (χ3v) is 3.87. The Hall–Kier alpha value is -1.15. The zero-order valence-electron chi connectivity index (χ0n) is 7.69. The Morgan fingerprint density at radius 1 is 1.29 bits per heavy atom. The number of thiophene rings is 1. The normalized spacial score (nSPS) is 16.0. The molecule has 1 heterocycles. The summed E-state index contributed by atoms with van der Waals surface area (Å²) in [5.74, 6) is 0.659. The van der Waals surface area contributed by atoms with E-state index in [4.69, 9.17) is 0 Å². The Morgan fingerprint density at radius 2 is 2.07 bits per heavy atom. The smallest absolute Gasteiger partial charge is 0.160 e. The highest BCUT2D eigenvalue weighted by Gasteiger charge is 2.29. The van der Waals surface area contributed by atoms with E-state index in [0.29, 0.717) is 5.92 Å². The third-order valence-electron chi connectivity index (χ3n) is 2.76. The van der Waals surface area contributed by atoms with Crippen molar-refractivity contribution in [1.82, 2.24) is 0 Å². The van der Waals surface area contributed by atoms with Crippen molar-refractivity contribution in [2.45, 2.75) is 18.8 Å². The molecule has 0 N–H and O–H groups in total. The fourth-order valence-electron chi connectivity index (χ4n) is 1.96. The zero-order chi connectivity index (χ0) is 9.54. The van der Waals surface area contributed by atoms with Crippen LogP contribution in [0.3, 0.4) is 0 Å². The van der Waals surface area contributed by atoms with Crippen LogP contribution in [0.2, 0.25) is 0 Å². The van der Waals surface area contributed by atoms with Crippen molar-refractivity contribution in [2.24, 2.45) is 0 Å². The number of carbonyl (C=O) groups is 1. The quantitative estimate of drug-likeness (QED) is 0.680. The summed E-state index contributed by atoms with van der Waals surface area (Å²) in [5, 5.41) is 1.29. The third kappa shape index (κ3) is 1.11. The van der Waals surface area contributed by atoms with Crippen molar-refractivity contribution >= 4 is 27.7 Å². The van der Waals surface area contributed by atoms with E-state index in [0.717, 1.165) is 11.2 Å². The molecule has 70 valence electrons. The first-order valence-corrected chi connectivity index (χ1v) is 5.68. The minimum atomic E-state index is 0.659. The van der Waals surface area contributed by atoms with Crippen molar-refractivity contribution in [2.75, 3.05) is 0 Å². The maximum atomic E-state index is 10.9. The lowest BCUT2D eigenvalue weighted by atomic mass is 10.1. The molecule has 1 fully saturated rings. The summed E-state index contributed by atoms with van der Waals surface area (Å²) in [6.45, 7) is 0. The van der Waals surface area contributed by atoms with Gasteiger partial charge < -0.3 is 0 Å². The molecule has 1 aliphatic rings. The van der Waals surface area contributed by atoms with Crippen LogP contribution in [0.1, 0.15) is 34.0 Å². The van der Waals surface area contributed by atoms with Crippen molar-refractivity contribution in [1.29, 1.82) is 0 Å². The number of fused-ring (bicyclic) bond motifs is 1. The largest absolute Gasteiger partial charge is 0.297 e. The van der Waals surface area contributed by atoms with Gasteiger partial charge in [-0.25, -0.2) is 0 Å². The average molecular weight is 202 g/mol. The molecular formula is C12H10OS. The summed E-state index contributed by atoms with van der Waals surface area (Å²) < 4.78 is 1.25. The summed E-state index contributed by atoms with van der Waals surface area (Å²) in [5.41, 5.74) is 1.31. The van der Waals surface area contributed by atoms with Crippen LogP contribution >= 0.6 is 11.3 Å². The number of hydrogen-bond donors (Lipinski definition) is 0. The van der Waals surface area contributed by atoms with E-state index < -0.39 is 0 Å². The highest BCUT2D eigenvalue weighted by molar-refractivity contribution is 7.20. The van der Waals surface area contributed by atoms with Gasteiger partial charge in [-0.15, -0.1) is 11.3 Å². The van der Waals surface area contributed by atoms with Crippen LogP contribution in [0.25, 0.3) is 10.1 Å². The topological polar surface area (TPSA) is 17.1 Å². The Bertz CT molecular complexity index is 494. The Morgan fingerprint density at radius 3 is 2.79 bits per heavy atom. The molecule has 0 aliphatic heterocycles. The molecule has 0 spiro atoms. The first-order valence-electron chi connectivity index (χ1n) is 4.87. The molecule has 1 aromatic carbocycles. The van der Waals surface area contributed by atoms with Gasteiger partial charge in [-0.1, -0.05) is 18.2 Å². The molecule has 2 heteroatoms. The van der Waals surface area contributed by atoms with Crippen LogP contribution in [0.15, 0.2) is 24.3 Å². The Labute approximate surface area is 86.4 Å². The molecule has 0 bridgehead atoms. The van der Waals surface area contributed by atoms with Crippen molar-refractivity contribution in [3.63, 3.8) is 0 Å². The number of hydrogen-bond acceptors (Lipinski definition) is 2. The molecule has 1 saturated carbocycles. The minimum absolute atomic E-state index is 0.659. The molecule has 2 aromatic rings. The van der Waals surface area contributed by atoms with Crippen molar-refractivity contribution in [3.05, 3.63) is 34.7 Å². The highest BCUT2D eigenvalue weighted by Crippen LogP contribution is 2.47. The van der Waals surface area contributed by atoms with Crippen LogP contribution in [-0.2, 0) is 0 Å². The van der Waals surface area contributed by atoms with Gasteiger partial charge in [0.25, 0.3) is 0 Å². The fourth-order valence-corrected chi connectivity index (χ4v) is 3.07. The SMILES string of the molecule is O=Cc1sc2ccccc2c1C1CC1. The fraction of sp³-hybridized carbons (Fsp3) is 0.250. The predicted octanol–water partition coefficient (Wildman–Crippen LogP) is 3.59. The summed E-state index contributed by atoms with van der Waals surface area (Å²) >= 11 is 1.62. The summed E-state index contributed by atoms with van der Waals surface area (Å²) in [7, 11) is 0. The number of aldehydes is 1. The zero-order valence-corrected chi connectivity index (χ0v) is 8.51. The van der Waals surface area contributed by atoms with Gasteiger partial charge in [-0.2, -0.15) is 0 Å². The van der Waals surface area contributed by atoms with E-state index >= 15 is 0 Å². The number of carbonyl (C=O) groups excluding carboxylic acids is 1. The standard InChI is InChI=1S/C12H10OS/c13-7-11-12(8-5-6-8)9-3-1-2-4-10(9)14-11/h1-4,7-8H,5-6H2. The van der Waals surface area contributed by atoms with Crippen molar-refractivity contribution in [3.8, 4) is 0 Å². The lowest BCUT2D eigenvalue weighted by Gasteiger charge is -1.95. The highest BCUT2D eigenvalue weighted by atomic mass is 32.1. The molecule has 3 rings (SSSR count). The van der Waals surface area contributed by atoms with Gasteiger partial charge in [0, 0.05) is 4.70 Å². The Kier molecular flexibility index (Phi) is 1.71. The summed E-state index contributed by atoms with van der Waals surface area (Å²) in [4.78, 5) is 11.9. The van der Waals surface area contributed by atoms with Gasteiger partial charge in [0.2, 0.25) is 0 Å². The van der Waals surface area contributed by atoms with Gasteiger partial charge in [-0.3, -0.25) is 4.79 Å². The van der Waals surface area contributed by atoms with Gasteiger partial charge in [0.1, 0.15) is 0 Å². The van der Waals surface area contributed by atoms with Crippen LogP contribution in [0.4, 0.5) is 0 Å². The van der Waals surface area contributed by atoms with Gasteiger partial charge in [-0.05, 0) is 35.8 Å². The monoisotopic (exact) mass is 202 g/mol. The van der Waals surface area contributed by atoms with Gasteiger partial charge >= 0.3 is 0 Å². The van der Waals surface area contributed by atoms with E-state index in [1.54, 1.807) is 11.3 Å². The van der Waals surface area contributed by atoms with E-state index in [2.05, 4.69) is 18.2 Å². The second-order valence-electron chi connectivity index (χ2n) is 3.77. The van der Waals surface area contributed by atoms with E-state index in [1.807, 2.05) is 6.07 Å². The lowest BCUT2D eigenvalue weighted by molar-refractivity contribution is 0.112. The molecule has 0 radical (unpaired) electrons. The molecule has 0 unspecified atom stereocenters. The molecule has 0 amide bonds.